The molecule has 1 aromatic heterocycles. The second kappa shape index (κ2) is 6.67. The van der Waals surface area contributed by atoms with Crippen molar-refractivity contribution in [2.75, 3.05) is 0 Å². The fourth-order valence-corrected chi connectivity index (χ4v) is 3.69. The van der Waals surface area contributed by atoms with E-state index in [-0.39, 0.29) is 30.0 Å². The van der Waals surface area contributed by atoms with Crippen molar-refractivity contribution in [3.05, 3.63) is 61.0 Å². The van der Waals surface area contributed by atoms with Crippen molar-refractivity contribution in [1.29, 1.82) is 0 Å². The molecule has 6 heteroatoms. The van der Waals surface area contributed by atoms with Gasteiger partial charge < -0.3 is 15.0 Å². The number of H-pyrrole nitrogens is 1. The molecule has 1 amide bonds. The van der Waals surface area contributed by atoms with Crippen LogP contribution in [0.3, 0.4) is 0 Å². The first-order valence-electron chi connectivity index (χ1n) is 8.25. The molecular weight excluding hydrogens is 384 g/mol. The third-order valence-electron chi connectivity index (χ3n) is 4.75. The minimum absolute atomic E-state index is 0.0818. The molecule has 0 fully saturated rings. The van der Waals surface area contributed by atoms with Crippen LogP contribution in [-0.2, 0) is 6.54 Å². The molecule has 0 bridgehead atoms. The van der Waals surface area contributed by atoms with Crippen molar-refractivity contribution in [3.63, 3.8) is 0 Å². The second-order valence-corrected chi connectivity index (χ2v) is 7.47. The minimum atomic E-state index is -0.213. The molecule has 132 valence electrons. The van der Waals surface area contributed by atoms with E-state index in [1.54, 1.807) is 6.07 Å². The molecule has 1 aliphatic heterocycles. The lowest BCUT2D eigenvalue weighted by Gasteiger charge is -2.10. The summed E-state index contributed by atoms with van der Waals surface area (Å²) < 4.78 is 6.61. The first-order chi connectivity index (χ1) is 11.8. The van der Waals surface area contributed by atoms with Crippen LogP contribution in [0.1, 0.15) is 52.5 Å². The standard InChI is InChI=1S/C19H21BrN2O3/c1-9-5-10(2)22-19(24)15(9)8-21-18(23)13-6-14-11(3)12(4)25-17(14)16(20)7-13/h5-7,11-12H,8H2,1-4H3,(H,21,23)(H,22,24)/t11-,12-/m1/s1. The Morgan fingerprint density at radius 1 is 1.28 bits per heavy atom. The lowest BCUT2D eigenvalue weighted by atomic mass is 9.96. The quantitative estimate of drug-likeness (QED) is 0.820. The average Bonchev–Trinajstić information content (AvgIpc) is 2.82. The number of hydrogen-bond acceptors (Lipinski definition) is 3. The van der Waals surface area contributed by atoms with Gasteiger partial charge in [-0.25, -0.2) is 0 Å². The first-order valence-corrected chi connectivity index (χ1v) is 9.05. The van der Waals surface area contributed by atoms with Gasteiger partial charge in [0.15, 0.2) is 0 Å². The van der Waals surface area contributed by atoms with E-state index < -0.39 is 0 Å². The summed E-state index contributed by atoms with van der Waals surface area (Å²) in [7, 11) is 0. The Hall–Kier alpha value is -2.08. The van der Waals surface area contributed by atoms with Gasteiger partial charge in [0.25, 0.3) is 11.5 Å². The third kappa shape index (κ3) is 3.35. The van der Waals surface area contributed by atoms with E-state index >= 15 is 0 Å². The highest BCUT2D eigenvalue weighted by Gasteiger charge is 2.30. The Kier molecular flexibility index (Phi) is 4.73. The summed E-state index contributed by atoms with van der Waals surface area (Å²) in [5, 5.41) is 2.84. The van der Waals surface area contributed by atoms with E-state index in [2.05, 4.69) is 33.2 Å². The topological polar surface area (TPSA) is 71.2 Å². The smallest absolute Gasteiger partial charge is 0.253 e. The van der Waals surface area contributed by atoms with Crippen molar-refractivity contribution in [2.45, 2.75) is 46.3 Å². The number of hydrogen-bond donors (Lipinski definition) is 2. The number of carbonyl (C=O) groups is 1. The highest BCUT2D eigenvalue weighted by atomic mass is 79.9. The maximum Gasteiger partial charge on any atom is 0.253 e. The van der Waals surface area contributed by atoms with Crippen molar-refractivity contribution >= 4 is 21.8 Å². The Labute approximate surface area is 154 Å². The number of benzene rings is 1. The lowest BCUT2D eigenvalue weighted by Crippen LogP contribution is -2.28. The normalized spacial score (nSPS) is 18.6. The molecule has 1 aromatic carbocycles. The number of ether oxygens (including phenoxy) is 1. The molecule has 2 heterocycles. The van der Waals surface area contributed by atoms with Crippen LogP contribution in [-0.4, -0.2) is 17.0 Å². The van der Waals surface area contributed by atoms with Crippen LogP contribution in [0.15, 0.2) is 27.5 Å². The van der Waals surface area contributed by atoms with Crippen molar-refractivity contribution in [3.8, 4) is 5.75 Å². The van der Waals surface area contributed by atoms with Crippen LogP contribution < -0.4 is 15.6 Å². The fraction of sp³-hybridized carbons (Fsp3) is 0.368. The van der Waals surface area contributed by atoms with Gasteiger partial charge >= 0.3 is 0 Å². The largest absolute Gasteiger partial charge is 0.489 e. The van der Waals surface area contributed by atoms with E-state index in [1.807, 2.05) is 32.9 Å². The SMILES string of the molecule is Cc1cc(C)c(CNC(=O)c2cc(Br)c3c(c2)[C@H](C)[C@@H](C)O3)c(=O)[nH]1. The van der Waals surface area contributed by atoms with E-state index in [0.717, 1.165) is 27.0 Å². The molecule has 5 nitrogen and oxygen atoms in total. The van der Waals surface area contributed by atoms with Crippen LogP contribution in [0.4, 0.5) is 0 Å². The van der Waals surface area contributed by atoms with Crippen LogP contribution in [0.5, 0.6) is 5.75 Å². The van der Waals surface area contributed by atoms with Gasteiger partial charge in [-0.05, 0) is 60.5 Å². The molecule has 2 N–H and O–H groups in total. The van der Waals surface area contributed by atoms with Gasteiger partial charge in [0, 0.05) is 34.8 Å². The van der Waals surface area contributed by atoms with E-state index in [9.17, 15) is 9.59 Å². The molecule has 1 aliphatic rings. The van der Waals surface area contributed by atoms with Gasteiger partial charge in [-0.3, -0.25) is 9.59 Å². The lowest BCUT2D eigenvalue weighted by molar-refractivity contribution is 0.0950. The highest BCUT2D eigenvalue weighted by Crippen LogP contribution is 2.43. The van der Waals surface area contributed by atoms with Crippen LogP contribution in [0.2, 0.25) is 0 Å². The molecule has 0 aliphatic carbocycles. The van der Waals surface area contributed by atoms with Gasteiger partial charge in [-0.1, -0.05) is 6.92 Å². The fourth-order valence-electron chi connectivity index (χ4n) is 3.12. The zero-order valence-electron chi connectivity index (χ0n) is 14.7. The zero-order valence-corrected chi connectivity index (χ0v) is 16.3. The summed E-state index contributed by atoms with van der Waals surface area (Å²) in [5.74, 6) is 0.818. The van der Waals surface area contributed by atoms with E-state index in [0.29, 0.717) is 11.1 Å². The highest BCUT2D eigenvalue weighted by molar-refractivity contribution is 9.10. The van der Waals surface area contributed by atoms with Crippen LogP contribution >= 0.6 is 15.9 Å². The number of nitrogens with one attached hydrogen (secondary N) is 2. The molecule has 25 heavy (non-hydrogen) atoms. The van der Waals surface area contributed by atoms with Gasteiger partial charge in [-0.2, -0.15) is 0 Å². The Morgan fingerprint density at radius 3 is 2.68 bits per heavy atom. The third-order valence-corrected chi connectivity index (χ3v) is 5.34. The summed E-state index contributed by atoms with van der Waals surface area (Å²) in [6, 6.07) is 5.52. The Bertz CT molecular complexity index is 904. The van der Waals surface area contributed by atoms with Gasteiger partial charge in [0.1, 0.15) is 11.9 Å². The number of aromatic nitrogens is 1. The van der Waals surface area contributed by atoms with Gasteiger partial charge in [-0.15, -0.1) is 0 Å². The molecule has 2 atom stereocenters. The predicted octanol–water partition coefficient (Wildman–Crippen LogP) is 3.57. The molecule has 2 aromatic rings. The number of halogens is 1. The summed E-state index contributed by atoms with van der Waals surface area (Å²) in [5.41, 5.74) is 3.66. The second-order valence-electron chi connectivity index (χ2n) is 6.61. The number of rotatable bonds is 3. The van der Waals surface area contributed by atoms with Crippen LogP contribution in [0, 0.1) is 13.8 Å². The van der Waals surface area contributed by atoms with Gasteiger partial charge in [0.2, 0.25) is 0 Å². The summed E-state index contributed by atoms with van der Waals surface area (Å²) in [4.78, 5) is 27.4. The minimum Gasteiger partial charge on any atom is -0.489 e. The molecule has 0 saturated heterocycles. The molecular formula is C19H21BrN2O3. The van der Waals surface area contributed by atoms with E-state index in [1.165, 1.54) is 0 Å². The predicted molar refractivity (Wildman–Crippen MR) is 100 cm³/mol. The Balaban J connectivity index is 1.82. The number of aryl methyl sites for hydroxylation is 2. The van der Waals surface area contributed by atoms with Crippen molar-refractivity contribution in [2.24, 2.45) is 0 Å². The summed E-state index contributed by atoms with van der Waals surface area (Å²) >= 11 is 3.49. The monoisotopic (exact) mass is 404 g/mol. The average molecular weight is 405 g/mol. The zero-order chi connectivity index (χ0) is 18.3. The number of pyridine rings is 1. The first kappa shape index (κ1) is 17.7. The Morgan fingerprint density at radius 2 is 2.00 bits per heavy atom. The number of amides is 1. The van der Waals surface area contributed by atoms with E-state index in [4.69, 9.17) is 4.74 Å². The number of aromatic amines is 1. The number of carbonyl (C=O) groups excluding carboxylic acids is 1. The summed E-state index contributed by atoms with van der Waals surface area (Å²) in [6.07, 6.45) is 0.0818. The maximum absolute atomic E-state index is 12.6. The molecule has 0 unspecified atom stereocenters. The van der Waals surface area contributed by atoms with Crippen molar-refractivity contribution in [1.82, 2.24) is 10.3 Å². The maximum atomic E-state index is 12.6. The molecule has 0 radical (unpaired) electrons. The summed E-state index contributed by atoms with van der Waals surface area (Å²) in [6.45, 7) is 8.00. The number of fused-ring (bicyclic) bond motifs is 1. The molecule has 0 spiro atoms. The molecule has 3 rings (SSSR count). The van der Waals surface area contributed by atoms with Gasteiger partial charge in [0.05, 0.1) is 4.47 Å². The van der Waals surface area contributed by atoms with Crippen molar-refractivity contribution < 1.29 is 9.53 Å². The molecule has 0 saturated carbocycles. The van der Waals surface area contributed by atoms with Crippen LogP contribution in [0.25, 0.3) is 0 Å².